The molecule has 0 aliphatic heterocycles. The molecule has 0 aromatic carbocycles. The van der Waals surface area contributed by atoms with Crippen molar-refractivity contribution in [3.8, 4) is 17.2 Å². The third-order valence-corrected chi connectivity index (χ3v) is 4.54. The topological polar surface area (TPSA) is 70.6 Å². The fraction of sp³-hybridized carbons (Fsp3) is 0.200. The molecular formula is C20H12F6IrN6-2. The first-order valence-corrected chi connectivity index (χ1v) is 9.09. The van der Waals surface area contributed by atoms with Gasteiger partial charge in [0.1, 0.15) is 5.69 Å². The van der Waals surface area contributed by atoms with Crippen LogP contribution in [0.4, 0.5) is 26.3 Å². The van der Waals surface area contributed by atoms with E-state index < -0.39 is 29.7 Å². The van der Waals surface area contributed by atoms with Gasteiger partial charge in [-0.3, -0.25) is 15.1 Å². The van der Waals surface area contributed by atoms with E-state index in [1.54, 1.807) is 31.2 Å². The van der Waals surface area contributed by atoms with Crippen molar-refractivity contribution in [2.24, 2.45) is 0 Å². The maximum atomic E-state index is 12.8. The summed E-state index contributed by atoms with van der Waals surface area (Å²) in [6.07, 6.45) is -6.84. The van der Waals surface area contributed by atoms with Crippen LogP contribution in [-0.2, 0) is 32.5 Å². The molecule has 0 fully saturated rings. The third-order valence-electron chi connectivity index (χ3n) is 4.54. The van der Waals surface area contributed by atoms with Crippen LogP contribution in [-0.4, -0.2) is 24.8 Å². The maximum absolute atomic E-state index is 12.8. The first-order valence-electron chi connectivity index (χ1n) is 9.09. The number of rotatable bonds is 4. The quantitative estimate of drug-likeness (QED) is 0.239. The van der Waals surface area contributed by atoms with Gasteiger partial charge in [-0.05, 0) is 24.3 Å². The summed E-state index contributed by atoms with van der Waals surface area (Å²) in [5.74, 6) is -0.310. The zero-order valence-corrected chi connectivity index (χ0v) is 18.9. The van der Waals surface area contributed by atoms with Gasteiger partial charge >= 0.3 is 12.4 Å². The second-order valence-electron chi connectivity index (χ2n) is 6.77. The van der Waals surface area contributed by atoms with Crippen molar-refractivity contribution in [3.05, 3.63) is 77.5 Å². The largest absolute Gasteiger partial charge is 0.573 e. The number of nitrogens with zero attached hydrogens (tertiary/aromatic N) is 6. The Labute approximate surface area is 196 Å². The Kier molecular flexibility index (Phi) is 6.75. The first-order chi connectivity index (χ1) is 15.0. The molecule has 4 aromatic rings. The number of alkyl halides is 6. The Balaban J connectivity index is 0.00000306. The molecule has 0 spiro atoms. The number of hydrogen-bond acceptors (Lipinski definition) is 4. The molecule has 175 valence electrons. The minimum atomic E-state index is -4.62. The Morgan fingerprint density at radius 3 is 2.15 bits per heavy atom. The van der Waals surface area contributed by atoms with Crippen LogP contribution in [0.25, 0.3) is 17.2 Å². The molecular weight excluding hydrogens is 630 g/mol. The van der Waals surface area contributed by atoms with Crippen molar-refractivity contribution in [1.82, 2.24) is 29.9 Å². The maximum Gasteiger partial charge on any atom is 0.431 e. The number of aromatic nitrogens is 6. The van der Waals surface area contributed by atoms with Crippen LogP contribution in [0, 0.1) is 6.20 Å². The molecule has 1 atom stereocenters. The summed E-state index contributed by atoms with van der Waals surface area (Å²) in [7, 11) is 0. The van der Waals surface area contributed by atoms with Gasteiger partial charge < -0.3 is 14.9 Å². The normalized spacial score (nSPS) is 12.9. The van der Waals surface area contributed by atoms with Gasteiger partial charge in [0.15, 0.2) is 0 Å². The zero-order chi connectivity index (χ0) is 23.1. The first kappa shape index (κ1) is 24.6. The molecule has 1 radical (unpaired) electrons. The fourth-order valence-electron chi connectivity index (χ4n) is 2.89. The Hall–Kier alpha value is -3.05. The average molecular weight is 643 g/mol. The molecule has 0 aliphatic rings. The van der Waals surface area contributed by atoms with Gasteiger partial charge in [0, 0.05) is 43.1 Å². The molecule has 0 amide bonds. The molecule has 4 aromatic heterocycles. The smallest absolute Gasteiger partial charge is 0.431 e. The van der Waals surface area contributed by atoms with E-state index in [2.05, 4.69) is 31.5 Å². The Morgan fingerprint density at radius 2 is 1.55 bits per heavy atom. The van der Waals surface area contributed by atoms with E-state index in [9.17, 15) is 26.3 Å². The molecule has 0 N–H and O–H groups in total. The van der Waals surface area contributed by atoms with Crippen molar-refractivity contribution >= 4 is 0 Å². The zero-order valence-electron chi connectivity index (χ0n) is 16.5. The van der Waals surface area contributed by atoms with Crippen LogP contribution >= 0.6 is 0 Å². The van der Waals surface area contributed by atoms with Gasteiger partial charge in [-0.25, -0.2) is 0 Å². The number of hydrogen-bond donors (Lipinski definition) is 0. The summed E-state index contributed by atoms with van der Waals surface area (Å²) in [5, 5.41) is 10.1. The molecule has 33 heavy (non-hydrogen) atoms. The van der Waals surface area contributed by atoms with Gasteiger partial charge in [-0.2, -0.15) is 26.3 Å². The van der Waals surface area contributed by atoms with E-state index in [0.717, 1.165) is 16.8 Å². The SMILES string of the molecule is CC(c1cccc(-c2cc(C(F)(F)F)n[n-]2)n1)c1cccc(-n2[c-]cc(C(F)(F)F)n2)n1.[Ir]. The van der Waals surface area contributed by atoms with E-state index in [1.807, 2.05) is 0 Å². The predicted molar refractivity (Wildman–Crippen MR) is 98.5 cm³/mol. The predicted octanol–water partition coefficient (Wildman–Crippen LogP) is 4.67. The molecule has 13 heteroatoms. The van der Waals surface area contributed by atoms with Gasteiger partial charge in [0.05, 0.1) is 11.5 Å². The van der Waals surface area contributed by atoms with Gasteiger partial charge in [-0.1, -0.05) is 37.0 Å². The van der Waals surface area contributed by atoms with Crippen LogP contribution in [0.1, 0.15) is 35.6 Å². The fourth-order valence-corrected chi connectivity index (χ4v) is 2.89. The van der Waals surface area contributed by atoms with E-state index in [-0.39, 0.29) is 37.3 Å². The van der Waals surface area contributed by atoms with E-state index in [4.69, 9.17) is 0 Å². The van der Waals surface area contributed by atoms with Gasteiger partial charge in [0.2, 0.25) is 0 Å². The molecule has 0 saturated carbocycles. The minimum Gasteiger partial charge on any atom is -0.573 e. The summed E-state index contributed by atoms with van der Waals surface area (Å²) in [5.41, 5.74) is -1.10. The van der Waals surface area contributed by atoms with Gasteiger partial charge in [0.25, 0.3) is 0 Å². The molecule has 4 heterocycles. The number of halogens is 6. The van der Waals surface area contributed by atoms with Crippen molar-refractivity contribution in [3.63, 3.8) is 0 Å². The monoisotopic (exact) mass is 643 g/mol. The average Bonchev–Trinajstić information content (AvgIpc) is 3.43. The van der Waals surface area contributed by atoms with Crippen molar-refractivity contribution in [2.75, 3.05) is 0 Å². The Bertz CT molecular complexity index is 1150. The van der Waals surface area contributed by atoms with Crippen LogP contribution < -0.4 is 5.10 Å². The molecule has 0 aliphatic carbocycles. The molecule has 0 bridgehead atoms. The molecule has 6 nitrogen and oxygen atoms in total. The van der Waals surface area contributed by atoms with Crippen LogP contribution in [0.2, 0.25) is 0 Å². The second-order valence-corrected chi connectivity index (χ2v) is 6.77. The van der Waals surface area contributed by atoms with E-state index in [1.165, 1.54) is 12.1 Å². The second kappa shape index (κ2) is 9.06. The standard InChI is InChI=1S/C20H12F6N6.Ir/c1-11(12-4-2-6-14(27-12)15-10-17(30-29-15)20(24,25)26)13-5-3-7-18(28-13)32-9-8-16(31-32)19(21,22)23;/h2-8,10-11H,1H3;/q-2;. The van der Waals surface area contributed by atoms with E-state index >= 15 is 0 Å². The summed E-state index contributed by atoms with van der Waals surface area (Å²) in [6.45, 7) is 1.75. The molecule has 1 unspecified atom stereocenters. The minimum absolute atomic E-state index is 0. The third kappa shape index (κ3) is 5.31. The molecule has 0 saturated heterocycles. The Morgan fingerprint density at radius 1 is 0.909 bits per heavy atom. The summed E-state index contributed by atoms with van der Waals surface area (Å²) in [4.78, 5) is 8.70. The van der Waals surface area contributed by atoms with Crippen LogP contribution in [0.3, 0.4) is 0 Å². The summed E-state index contributed by atoms with van der Waals surface area (Å²) in [6, 6.07) is 11.0. The van der Waals surface area contributed by atoms with Crippen molar-refractivity contribution < 1.29 is 46.4 Å². The number of pyridine rings is 2. The molecule has 4 rings (SSSR count). The van der Waals surface area contributed by atoms with Gasteiger partial charge in [-0.15, -0.1) is 6.07 Å². The van der Waals surface area contributed by atoms with Crippen molar-refractivity contribution in [1.29, 1.82) is 0 Å². The van der Waals surface area contributed by atoms with Crippen LogP contribution in [0.5, 0.6) is 0 Å². The van der Waals surface area contributed by atoms with Crippen LogP contribution in [0.15, 0.2) is 48.5 Å². The van der Waals surface area contributed by atoms with Crippen molar-refractivity contribution in [2.45, 2.75) is 25.2 Å². The summed E-state index contributed by atoms with van der Waals surface area (Å²) < 4.78 is 77.6. The summed E-state index contributed by atoms with van der Waals surface area (Å²) >= 11 is 0. The van der Waals surface area contributed by atoms with E-state index in [0.29, 0.717) is 11.4 Å².